The van der Waals surface area contributed by atoms with Gasteiger partial charge < -0.3 is 15.4 Å². The van der Waals surface area contributed by atoms with E-state index in [4.69, 9.17) is 4.74 Å². The Morgan fingerprint density at radius 2 is 1.68 bits per heavy atom. The van der Waals surface area contributed by atoms with Gasteiger partial charge in [-0.1, -0.05) is 13.8 Å². The molecule has 0 unspecified atom stereocenters. The number of carbonyl (C=O) groups excluding carboxylic acids is 2. The van der Waals surface area contributed by atoms with Gasteiger partial charge in [0.15, 0.2) is 0 Å². The number of nitrogens with one attached hydrogen (secondary N) is 2. The van der Waals surface area contributed by atoms with Crippen LogP contribution >= 0.6 is 0 Å². The minimum absolute atomic E-state index is 0.0584. The van der Waals surface area contributed by atoms with Crippen LogP contribution in [0.1, 0.15) is 58.8 Å². The van der Waals surface area contributed by atoms with Crippen LogP contribution in [0.4, 0.5) is 11.4 Å². The molecule has 4 bridgehead atoms. The molecule has 4 aliphatic rings. The van der Waals surface area contributed by atoms with Crippen LogP contribution in [0.15, 0.2) is 18.2 Å². The number of amides is 2. The molecule has 0 radical (unpaired) electrons. The molecule has 5 rings (SSSR count). The zero-order chi connectivity index (χ0) is 19.9. The van der Waals surface area contributed by atoms with Gasteiger partial charge in [0.2, 0.25) is 11.8 Å². The van der Waals surface area contributed by atoms with Crippen LogP contribution < -0.4 is 15.4 Å². The summed E-state index contributed by atoms with van der Waals surface area (Å²) in [5, 5.41) is 5.93. The summed E-state index contributed by atoms with van der Waals surface area (Å²) in [6, 6.07) is 5.41. The molecule has 152 valence electrons. The van der Waals surface area contributed by atoms with Gasteiger partial charge in [-0.2, -0.15) is 0 Å². The number of methoxy groups -OCH3 is 1. The Balaban J connectivity index is 1.41. The summed E-state index contributed by atoms with van der Waals surface area (Å²) in [7, 11) is 1.57. The fourth-order valence-corrected chi connectivity index (χ4v) is 6.20. The highest BCUT2D eigenvalue weighted by Crippen LogP contribution is 2.61. The summed E-state index contributed by atoms with van der Waals surface area (Å²) >= 11 is 0. The van der Waals surface area contributed by atoms with E-state index in [9.17, 15) is 9.59 Å². The zero-order valence-electron chi connectivity index (χ0n) is 17.2. The fraction of sp³-hybridized carbons (Fsp3) is 0.652. The molecular weight excluding hydrogens is 352 g/mol. The van der Waals surface area contributed by atoms with E-state index in [1.165, 1.54) is 38.5 Å². The van der Waals surface area contributed by atoms with E-state index in [2.05, 4.69) is 10.6 Å². The number of benzene rings is 1. The summed E-state index contributed by atoms with van der Waals surface area (Å²) in [6.07, 6.45) is 8.50. The second-order valence-corrected chi connectivity index (χ2v) is 9.70. The Bertz CT molecular complexity index is 736. The summed E-state index contributed by atoms with van der Waals surface area (Å²) in [4.78, 5) is 24.8. The van der Waals surface area contributed by atoms with Crippen molar-refractivity contribution in [1.29, 1.82) is 0 Å². The average Bonchev–Trinajstić information content (AvgIpc) is 2.61. The Kier molecular flexibility index (Phi) is 5.11. The quantitative estimate of drug-likeness (QED) is 0.738. The van der Waals surface area contributed by atoms with E-state index in [1.54, 1.807) is 19.2 Å². The van der Waals surface area contributed by atoms with Crippen molar-refractivity contribution in [2.75, 3.05) is 17.7 Å². The number of ether oxygens (including phenoxy) is 1. The van der Waals surface area contributed by atoms with E-state index in [1.807, 2.05) is 19.9 Å². The smallest absolute Gasteiger partial charge is 0.227 e. The third-order valence-corrected chi connectivity index (χ3v) is 6.97. The van der Waals surface area contributed by atoms with Gasteiger partial charge in [-0.15, -0.1) is 0 Å². The third kappa shape index (κ3) is 3.89. The topological polar surface area (TPSA) is 67.4 Å². The van der Waals surface area contributed by atoms with Crippen LogP contribution in [-0.2, 0) is 9.59 Å². The first kappa shape index (κ1) is 19.3. The number of rotatable bonds is 6. The lowest BCUT2D eigenvalue weighted by atomic mass is 9.49. The zero-order valence-corrected chi connectivity index (χ0v) is 17.2. The van der Waals surface area contributed by atoms with Crippen molar-refractivity contribution in [3.8, 4) is 5.75 Å². The first-order chi connectivity index (χ1) is 13.4. The van der Waals surface area contributed by atoms with Gasteiger partial charge in [-0.05, 0) is 73.8 Å². The molecule has 4 saturated carbocycles. The molecule has 2 amide bonds. The van der Waals surface area contributed by atoms with Crippen molar-refractivity contribution in [3.63, 3.8) is 0 Å². The van der Waals surface area contributed by atoms with Crippen molar-refractivity contribution in [2.45, 2.75) is 58.8 Å². The lowest BCUT2D eigenvalue weighted by molar-refractivity contribution is -0.124. The van der Waals surface area contributed by atoms with Crippen molar-refractivity contribution in [2.24, 2.45) is 29.1 Å². The molecule has 0 atom stereocenters. The van der Waals surface area contributed by atoms with Crippen LogP contribution in [0.5, 0.6) is 5.75 Å². The van der Waals surface area contributed by atoms with Crippen molar-refractivity contribution in [3.05, 3.63) is 18.2 Å². The van der Waals surface area contributed by atoms with Gasteiger partial charge in [0, 0.05) is 24.1 Å². The molecule has 28 heavy (non-hydrogen) atoms. The van der Waals surface area contributed by atoms with Gasteiger partial charge in [0.05, 0.1) is 12.8 Å². The first-order valence-electron chi connectivity index (χ1n) is 10.6. The molecule has 4 fully saturated rings. The fourth-order valence-electron chi connectivity index (χ4n) is 6.20. The summed E-state index contributed by atoms with van der Waals surface area (Å²) in [5.41, 5.74) is 1.57. The summed E-state index contributed by atoms with van der Waals surface area (Å²) in [6.45, 7) is 3.70. The van der Waals surface area contributed by atoms with E-state index in [0.29, 0.717) is 23.5 Å². The number of carbonyl (C=O) groups is 2. The molecule has 1 aromatic rings. The number of hydrogen-bond donors (Lipinski definition) is 2. The lowest BCUT2D eigenvalue weighted by Crippen LogP contribution is -2.47. The highest BCUT2D eigenvalue weighted by molar-refractivity contribution is 5.95. The highest BCUT2D eigenvalue weighted by atomic mass is 16.5. The maximum absolute atomic E-state index is 12.8. The third-order valence-electron chi connectivity index (χ3n) is 6.97. The van der Waals surface area contributed by atoms with E-state index in [0.717, 1.165) is 17.8 Å². The second kappa shape index (κ2) is 7.41. The Hall–Kier alpha value is -2.04. The molecular formula is C23H32N2O3. The number of hydrogen-bond acceptors (Lipinski definition) is 3. The maximum Gasteiger partial charge on any atom is 0.227 e. The molecule has 5 heteroatoms. The molecule has 5 nitrogen and oxygen atoms in total. The van der Waals surface area contributed by atoms with E-state index < -0.39 is 0 Å². The second-order valence-electron chi connectivity index (χ2n) is 9.70. The summed E-state index contributed by atoms with van der Waals surface area (Å²) < 4.78 is 5.42. The minimum atomic E-state index is -0.107. The van der Waals surface area contributed by atoms with Crippen LogP contribution in [0.2, 0.25) is 0 Å². The average molecular weight is 385 g/mol. The SMILES string of the molecule is COc1cc(NC(=O)CC23CC4CC(CC(C4)C2)C3)ccc1NC(=O)C(C)C. The van der Waals surface area contributed by atoms with Gasteiger partial charge in [0.1, 0.15) is 5.75 Å². The minimum Gasteiger partial charge on any atom is -0.494 e. The normalized spacial score (nSPS) is 30.4. The molecule has 2 N–H and O–H groups in total. The van der Waals surface area contributed by atoms with Crippen LogP contribution in [0, 0.1) is 29.1 Å². The van der Waals surface area contributed by atoms with E-state index in [-0.39, 0.29) is 23.1 Å². The molecule has 4 aliphatic carbocycles. The molecule has 1 aromatic carbocycles. The van der Waals surface area contributed by atoms with Crippen LogP contribution in [0.3, 0.4) is 0 Å². The van der Waals surface area contributed by atoms with Crippen molar-refractivity contribution >= 4 is 23.2 Å². The molecule has 0 aromatic heterocycles. The van der Waals surface area contributed by atoms with Crippen molar-refractivity contribution < 1.29 is 14.3 Å². The predicted octanol–water partition coefficient (Wildman–Crippen LogP) is 4.83. The molecule has 0 saturated heterocycles. The van der Waals surface area contributed by atoms with Gasteiger partial charge in [0.25, 0.3) is 0 Å². The standard InChI is InChI=1S/C23H32N2O3/c1-14(2)22(27)25-19-5-4-18(9-20(19)28-3)24-21(26)13-23-10-15-6-16(11-23)8-17(7-15)12-23/h4-5,9,14-17H,6-8,10-13H2,1-3H3,(H,24,26)(H,25,27). The first-order valence-corrected chi connectivity index (χ1v) is 10.6. The Labute approximate surface area is 167 Å². The monoisotopic (exact) mass is 384 g/mol. The number of anilines is 2. The van der Waals surface area contributed by atoms with E-state index >= 15 is 0 Å². The lowest BCUT2D eigenvalue weighted by Gasteiger charge is -2.56. The van der Waals surface area contributed by atoms with Crippen molar-refractivity contribution in [1.82, 2.24) is 0 Å². The summed E-state index contributed by atoms with van der Waals surface area (Å²) in [5.74, 6) is 3.04. The van der Waals surface area contributed by atoms with Gasteiger partial charge >= 0.3 is 0 Å². The largest absolute Gasteiger partial charge is 0.494 e. The molecule has 0 aliphatic heterocycles. The molecule has 0 spiro atoms. The van der Waals surface area contributed by atoms with Crippen LogP contribution in [-0.4, -0.2) is 18.9 Å². The predicted molar refractivity (Wildman–Crippen MR) is 110 cm³/mol. The molecule has 0 heterocycles. The van der Waals surface area contributed by atoms with Gasteiger partial charge in [-0.3, -0.25) is 9.59 Å². The Morgan fingerprint density at radius 3 is 2.21 bits per heavy atom. The highest BCUT2D eigenvalue weighted by Gasteiger charge is 2.51. The van der Waals surface area contributed by atoms with Gasteiger partial charge in [-0.25, -0.2) is 0 Å². The maximum atomic E-state index is 12.8. The van der Waals surface area contributed by atoms with Crippen LogP contribution in [0.25, 0.3) is 0 Å². The Morgan fingerprint density at radius 1 is 1.07 bits per heavy atom.